The number of likely N-dealkylation sites (N-methyl/N-ethyl adjacent to an activating group) is 1. The third-order valence-corrected chi connectivity index (χ3v) is 8.28. The van der Waals surface area contributed by atoms with Crippen molar-refractivity contribution in [3.63, 3.8) is 0 Å². The van der Waals surface area contributed by atoms with Crippen molar-refractivity contribution in [2.45, 2.75) is 44.3 Å². The van der Waals surface area contributed by atoms with Crippen molar-refractivity contribution in [3.8, 4) is 0 Å². The number of nitrogens with two attached hydrogens (primary N) is 1. The zero-order valence-electron chi connectivity index (χ0n) is 22.0. The average Bonchev–Trinajstić information content (AvgIpc) is 3.30. The van der Waals surface area contributed by atoms with Crippen molar-refractivity contribution < 1.29 is 19.2 Å². The van der Waals surface area contributed by atoms with E-state index < -0.39 is 23.9 Å². The fourth-order valence-electron chi connectivity index (χ4n) is 4.79. The number of nitrogens with one attached hydrogen (secondary N) is 3. The Bertz CT molecular complexity index is 1260. The minimum Gasteiger partial charge on any atom is -0.397 e. The van der Waals surface area contributed by atoms with Gasteiger partial charge in [-0.05, 0) is 44.5 Å². The summed E-state index contributed by atoms with van der Waals surface area (Å²) in [6, 6.07) is 3.42. The number of anilines is 2. The van der Waals surface area contributed by atoms with Crippen molar-refractivity contribution in [1.82, 2.24) is 25.4 Å². The molecule has 39 heavy (non-hydrogen) atoms. The molecule has 1 aromatic heterocycles. The van der Waals surface area contributed by atoms with E-state index in [0.29, 0.717) is 35.0 Å². The van der Waals surface area contributed by atoms with E-state index >= 15 is 0 Å². The van der Waals surface area contributed by atoms with E-state index in [1.165, 1.54) is 34.4 Å². The highest BCUT2D eigenvalue weighted by molar-refractivity contribution is 7.13. The van der Waals surface area contributed by atoms with Gasteiger partial charge in [0.2, 0.25) is 5.91 Å². The van der Waals surface area contributed by atoms with E-state index in [1.54, 1.807) is 14.1 Å². The maximum atomic E-state index is 13.2. The van der Waals surface area contributed by atoms with Gasteiger partial charge in [-0.1, -0.05) is 11.6 Å². The fraction of sp³-hybridized carbons (Fsp3) is 0.480. The highest BCUT2D eigenvalue weighted by Gasteiger charge is 2.37. The number of benzene rings is 1. The summed E-state index contributed by atoms with van der Waals surface area (Å²) in [6.45, 7) is 1.63. The van der Waals surface area contributed by atoms with Crippen LogP contribution >= 0.6 is 35.3 Å². The Balaban J connectivity index is 0.00000420. The van der Waals surface area contributed by atoms with Gasteiger partial charge in [-0.3, -0.25) is 19.2 Å². The van der Waals surface area contributed by atoms with Gasteiger partial charge in [0.1, 0.15) is 0 Å². The molecule has 2 aliphatic rings. The minimum atomic E-state index is -0.875. The van der Waals surface area contributed by atoms with Gasteiger partial charge in [-0.2, -0.15) is 0 Å². The molecule has 1 fully saturated rings. The Morgan fingerprint density at radius 2 is 1.87 bits per heavy atom. The molecule has 1 saturated carbocycles. The molecule has 0 radical (unpaired) electrons. The van der Waals surface area contributed by atoms with Gasteiger partial charge in [-0.15, -0.1) is 23.7 Å². The van der Waals surface area contributed by atoms with Crippen LogP contribution in [-0.2, 0) is 27.3 Å². The zero-order valence-corrected chi connectivity index (χ0v) is 24.3. The van der Waals surface area contributed by atoms with Crippen LogP contribution in [-0.4, -0.2) is 78.2 Å². The third-order valence-electron chi connectivity index (χ3n) is 6.85. The molecule has 14 heteroatoms. The first-order chi connectivity index (χ1) is 18.0. The molecule has 2 aromatic rings. The van der Waals surface area contributed by atoms with Crippen LogP contribution in [0.25, 0.3) is 0 Å². The molecule has 4 rings (SSSR count). The number of hydrogen-bond donors (Lipinski definition) is 4. The molecule has 0 spiro atoms. The summed E-state index contributed by atoms with van der Waals surface area (Å²) >= 11 is 7.28. The first-order valence-corrected chi connectivity index (χ1v) is 13.6. The SMILES string of the molecule is CN1CCc2nc(C(=O)N[C@@H]3C[C@@H](C(=O)N(C)C)CC[C@@H]3NC(=O)C(=O)Nc3ccc(Cl)c(N)c3)sc2C1.Cl. The monoisotopic (exact) mass is 597 g/mol. The van der Waals surface area contributed by atoms with Crippen LogP contribution in [0.5, 0.6) is 0 Å². The van der Waals surface area contributed by atoms with Crippen LogP contribution in [0.3, 0.4) is 0 Å². The van der Waals surface area contributed by atoms with Crippen molar-refractivity contribution in [2.24, 2.45) is 5.92 Å². The average molecular weight is 599 g/mol. The molecule has 0 bridgehead atoms. The molecule has 11 nitrogen and oxygen atoms in total. The van der Waals surface area contributed by atoms with Gasteiger partial charge in [-0.25, -0.2) is 4.98 Å². The van der Waals surface area contributed by atoms with Crippen LogP contribution in [0.15, 0.2) is 18.2 Å². The summed E-state index contributed by atoms with van der Waals surface area (Å²) in [7, 11) is 5.40. The highest BCUT2D eigenvalue weighted by Crippen LogP contribution is 2.28. The summed E-state index contributed by atoms with van der Waals surface area (Å²) in [4.78, 5) is 60.5. The van der Waals surface area contributed by atoms with Crippen molar-refractivity contribution in [3.05, 3.63) is 38.8 Å². The van der Waals surface area contributed by atoms with E-state index in [1.807, 2.05) is 7.05 Å². The fourth-order valence-corrected chi connectivity index (χ4v) is 5.99. The normalized spacial score (nSPS) is 20.7. The maximum absolute atomic E-state index is 13.2. The van der Waals surface area contributed by atoms with Gasteiger partial charge >= 0.3 is 11.8 Å². The second kappa shape index (κ2) is 12.9. The molecule has 1 aliphatic heterocycles. The Kier molecular flexibility index (Phi) is 10.2. The van der Waals surface area contributed by atoms with Crippen LogP contribution in [0.2, 0.25) is 5.02 Å². The van der Waals surface area contributed by atoms with Crippen molar-refractivity contribution in [2.75, 3.05) is 38.7 Å². The number of halogens is 2. The molecule has 5 N–H and O–H groups in total. The Hall–Kier alpha value is -2.93. The molecule has 0 saturated heterocycles. The molecule has 0 unspecified atom stereocenters. The van der Waals surface area contributed by atoms with Gasteiger partial charge in [0.25, 0.3) is 5.91 Å². The number of carbonyl (C=O) groups excluding carboxylic acids is 4. The summed E-state index contributed by atoms with van der Waals surface area (Å²) in [5.41, 5.74) is 7.31. The second-order valence-corrected chi connectivity index (χ2v) is 11.5. The van der Waals surface area contributed by atoms with Crippen LogP contribution in [0.4, 0.5) is 11.4 Å². The summed E-state index contributed by atoms with van der Waals surface area (Å²) in [5, 5.41) is 8.92. The van der Waals surface area contributed by atoms with Crippen LogP contribution < -0.4 is 21.7 Å². The zero-order chi connectivity index (χ0) is 27.6. The lowest BCUT2D eigenvalue weighted by Gasteiger charge is -2.37. The topological polar surface area (TPSA) is 150 Å². The number of amides is 4. The highest BCUT2D eigenvalue weighted by atomic mass is 35.5. The van der Waals surface area contributed by atoms with E-state index in [2.05, 4.69) is 25.8 Å². The first-order valence-electron chi connectivity index (χ1n) is 12.4. The lowest BCUT2D eigenvalue weighted by atomic mass is 9.81. The van der Waals surface area contributed by atoms with Gasteiger partial charge in [0, 0.05) is 56.1 Å². The number of thiazole rings is 1. The van der Waals surface area contributed by atoms with Crippen LogP contribution in [0.1, 0.15) is 39.6 Å². The van der Waals surface area contributed by atoms with Gasteiger partial charge in [0.15, 0.2) is 5.01 Å². The Morgan fingerprint density at radius 3 is 2.56 bits per heavy atom. The lowest BCUT2D eigenvalue weighted by molar-refractivity contribution is -0.137. The molecular weight excluding hydrogens is 565 g/mol. The predicted molar refractivity (Wildman–Crippen MR) is 153 cm³/mol. The standard InChI is InChI=1S/C25H32ClN7O4S.ClH/c1-32(2)25(37)13-4-7-17(29-22(35)21(34)28-14-5-6-15(26)16(27)11-14)19(10-13)30-23(36)24-31-18-8-9-33(3)12-20(18)38-24;/h5-6,11,13,17,19H,4,7-10,12,27H2,1-3H3,(H,28,34)(H,29,35)(H,30,36);1H/t13-,17-,19+;/m0./s1. The summed E-state index contributed by atoms with van der Waals surface area (Å²) in [6.07, 6.45) is 2.05. The summed E-state index contributed by atoms with van der Waals surface area (Å²) in [5.74, 6) is -2.43. The first kappa shape index (κ1) is 30.6. The molecule has 3 atom stereocenters. The minimum absolute atomic E-state index is 0. The third kappa shape index (κ3) is 7.38. The van der Waals surface area contributed by atoms with E-state index in [-0.39, 0.29) is 35.8 Å². The van der Waals surface area contributed by atoms with E-state index in [9.17, 15) is 19.2 Å². The summed E-state index contributed by atoms with van der Waals surface area (Å²) < 4.78 is 0. The van der Waals surface area contributed by atoms with Crippen LogP contribution in [0, 0.1) is 5.92 Å². The Morgan fingerprint density at radius 1 is 1.13 bits per heavy atom. The number of fused-ring (bicyclic) bond motifs is 1. The molecule has 212 valence electrons. The number of aromatic nitrogens is 1. The smallest absolute Gasteiger partial charge is 0.313 e. The molecular formula is C25H33Cl2N7O4S. The quantitative estimate of drug-likeness (QED) is 0.303. The number of rotatable bonds is 5. The number of carbonyl (C=O) groups is 4. The number of nitrogens with zero attached hydrogens (tertiary/aromatic N) is 3. The predicted octanol–water partition coefficient (Wildman–Crippen LogP) is 1.90. The van der Waals surface area contributed by atoms with E-state index in [0.717, 1.165) is 30.1 Å². The van der Waals surface area contributed by atoms with Gasteiger partial charge in [0.05, 0.1) is 22.4 Å². The molecule has 1 aliphatic carbocycles. The maximum Gasteiger partial charge on any atom is 0.313 e. The molecule has 1 aromatic carbocycles. The molecule has 2 heterocycles. The Labute approximate surface area is 242 Å². The van der Waals surface area contributed by atoms with Crippen molar-refractivity contribution >= 4 is 70.3 Å². The second-order valence-electron chi connectivity index (χ2n) is 9.97. The van der Waals surface area contributed by atoms with E-state index in [4.69, 9.17) is 17.3 Å². The largest absolute Gasteiger partial charge is 0.397 e. The van der Waals surface area contributed by atoms with Crippen molar-refractivity contribution in [1.29, 1.82) is 0 Å². The number of nitrogen functional groups attached to an aromatic ring is 1. The molecule has 4 amide bonds. The lowest BCUT2D eigenvalue weighted by Crippen LogP contribution is -2.57. The number of hydrogen-bond acceptors (Lipinski definition) is 8. The van der Waals surface area contributed by atoms with Gasteiger partial charge < -0.3 is 31.5 Å².